The third kappa shape index (κ3) is 2.59. The van der Waals surface area contributed by atoms with Crippen molar-refractivity contribution in [1.29, 1.82) is 0 Å². The largest absolute Gasteiger partial charge is 0.334 e. The number of nitrogens with one attached hydrogen (secondary N) is 1. The summed E-state index contributed by atoms with van der Waals surface area (Å²) in [6, 6.07) is 0.144. The van der Waals surface area contributed by atoms with E-state index < -0.39 is 10.0 Å². The summed E-state index contributed by atoms with van der Waals surface area (Å²) in [6.45, 7) is 3.89. The topological polar surface area (TPSA) is 94.2 Å². The molecule has 1 N–H and O–H groups in total. The van der Waals surface area contributed by atoms with E-state index in [9.17, 15) is 8.42 Å². The fourth-order valence-electron chi connectivity index (χ4n) is 1.82. The number of nitrogens with zero attached hydrogens (tertiary/aromatic N) is 5. The molecule has 0 amide bonds. The lowest BCUT2D eigenvalue weighted by Crippen LogP contribution is -2.14. The maximum absolute atomic E-state index is 12.3. The van der Waals surface area contributed by atoms with Crippen LogP contribution in [0.3, 0.4) is 0 Å². The number of fused-ring (bicyclic) bond motifs is 1. The van der Waals surface area contributed by atoms with Gasteiger partial charge < -0.3 is 4.57 Å². The monoisotopic (exact) mass is 306 g/mol. The van der Waals surface area contributed by atoms with Crippen LogP contribution in [0.15, 0.2) is 42.3 Å². The van der Waals surface area contributed by atoms with Gasteiger partial charge in [-0.15, -0.1) is 0 Å². The summed E-state index contributed by atoms with van der Waals surface area (Å²) in [4.78, 5) is 12.0. The molecule has 0 saturated carbocycles. The molecule has 0 unspecified atom stereocenters. The standard InChI is InChI=1S/C12H14N6O2S/c1-9(2)18-7-11(15-8-18)21(19,20)16-10-5-14-12-13-3-4-17(12)6-10/h3-9,16H,1-2H3. The molecule has 110 valence electrons. The number of aromatic nitrogens is 5. The molecule has 0 spiro atoms. The van der Waals surface area contributed by atoms with Crippen LogP contribution in [0, 0.1) is 0 Å². The molecule has 3 aromatic heterocycles. The van der Waals surface area contributed by atoms with Crippen LogP contribution in [0.1, 0.15) is 19.9 Å². The van der Waals surface area contributed by atoms with Gasteiger partial charge >= 0.3 is 0 Å². The van der Waals surface area contributed by atoms with Crippen molar-refractivity contribution in [2.75, 3.05) is 4.72 Å². The van der Waals surface area contributed by atoms with Crippen LogP contribution in [-0.2, 0) is 10.0 Å². The SMILES string of the molecule is CC(C)n1cnc(S(=O)(=O)Nc2cnc3nccn3c2)c1. The van der Waals surface area contributed by atoms with Crippen LogP contribution in [-0.4, -0.2) is 32.3 Å². The molecule has 8 nitrogen and oxygen atoms in total. The van der Waals surface area contributed by atoms with Crippen LogP contribution in [0.25, 0.3) is 5.78 Å². The normalized spacial score (nSPS) is 12.1. The lowest BCUT2D eigenvalue weighted by atomic mass is 10.4. The molecular weight excluding hydrogens is 292 g/mol. The molecule has 21 heavy (non-hydrogen) atoms. The van der Waals surface area contributed by atoms with Gasteiger partial charge in [0.25, 0.3) is 10.0 Å². The first-order chi connectivity index (χ1) is 9.95. The zero-order valence-electron chi connectivity index (χ0n) is 11.5. The van der Waals surface area contributed by atoms with E-state index in [0.29, 0.717) is 11.5 Å². The minimum atomic E-state index is -3.73. The molecule has 0 saturated heterocycles. The van der Waals surface area contributed by atoms with Crippen LogP contribution in [0.4, 0.5) is 5.69 Å². The Morgan fingerprint density at radius 1 is 1.19 bits per heavy atom. The van der Waals surface area contributed by atoms with Gasteiger partial charge in [-0.1, -0.05) is 0 Å². The Kier molecular flexibility index (Phi) is 3.13. The van der Waals surface area contributed by atoms with Gasteiger partial charge in [-0.2, -0.15) is 8.42 Å². The number of hydrogen-bond donors (Lipinski definition) is 1. The quantitative estimate of drug-likeness (QED) is 0.784. The molecular formula is C12H14N6O2S. The van der Waals surface area contributed by atoms with Gasteiger partial charge in [-0.3, -0.25) is 9.12 Å². The average Bonchev–Trinajstić information content (AvgIpc) is 3.07. The molecule has 3 rings (SSSR count). The summed E-state index contributed by atoms with van der Waals surface area (Å²) >= 11 is 0. The van der Waals surface area contributed by atoms with E-state index in [1.165, 1.54) is 18.7 Å². The van der Waals surface area contributed by atoms with Crippen LogP contribution < -0.4 is 4.72 Å². The Bertz CT molecular complexity index is 880. The summed E-state index contributed by atoms with van der Waals surface area (Å²) in [5, 5.41) is -0.0260. The first-order valence-electron chi connectivity index (χ1n) is 6.31. The Hall–Kier alpha value is -2.42. The van der Waals surface area contributed by atoms with Crippen LogP contribution in [0.2, 0.25) is 0 Å². The number of imidazole rings is 2. The van der Waals surface area contributed by atoms with Crippen molar-refractivity contribution in [2.24, 2.45) is 0 Å². The van der Waals surface area contributed by atoms with Crippen molar-refractivity contribution in [3.8, 4) is 0 Å². The average molecular weight is 306 g/mol. The molecule has 0 radical (unpaired) electrons. The molecule has 9 heteroatoms. The summed E-state index contributed by atoms with van der Waals surface area (Å²) in [6.07, 6.45) is 9.29. The Labute approximate surface area is 121 Å². The summed E-state index contributed by atoms with van der Waals surface area (Å²) < 4.78 is 30.4. The highest BCUT2D eigenvalue weighted by atomic mass is 32.2. The Morgan fingerprint density at radius 3 is 2.71 bits per heavy atom. The molecule has 3 heterocycles. The second kappa shape index (κ2) is 4.85. The maximum atomic E-state index is 12.3. The number of anilines is 1. The van der Waals surface area contributed by atoms with E-state index in [1.807, 2.05) is 13.8 Å². The summed E-state index contributed by atoms with van der Waals surface area (Å²) in [5.41, 5.74) is 0.347. The molecule has 0 aliphatic carbocycles. The first-order valence-corrected chi connectivity index (χ1v) is 7.79. The lowest BCUT2D eigenvalue weighted by Gasteiger charge is -2.06. The Morgan fingerprint density at radius 2 is 2.00 bits per heavy atom. The fourth-order valence-corrected chi connectivity index (χ4v) is 2.78. The van der Waals surface area contributed by atoms with Crippen molar-refractivity contribution in [2.45, 2.75) is 24.9 Å². The van der Waals surface area contributed by atoms with Gasteiger partial charge in [0.2, 0.25) is 5.78 Å². The van der Waals surface area contributed by atoms with Gasteiger partial charge in [-0.25, -0.2) is 15.0 Å². The van der Waals surface area contributed by atoms with Crippen molar-refractivity contribution in [3.05, 3.63) is 37.3 Å². The molecule has 0 bridgehead atoms. The van der Waals surface area contributed by atoms with Crippen molar-refractivity contribution in [1.82, 2.24) is 23.9 Å². The van der Waals surface area contributed by atoms with E-state index >= 15 is 0 Å². The van der Waals surface area contributed by atoms with E-state index in [-0.39, 0.29) is 11.1 Å². The van der Waals surface area contributed by atoms with Crippen LogP contribution in [0.5, 0.6) is 0 Å². The highest BCUT2D eigenvalue weighted by Gasteiger charge is 2.18. The molecule has 0 aromatic carbocycles. The van der Waals surface area contributed by atoms with Crippen molar-refractivity contribution in [3.63, 3.8) is 0 Å². The van der Waals surface area contributed by atoms with E-state index in [1.54, 1.807) is 27.6 Å². The molecule has 0 atom stereocenters. The van der Waals surface area contributed by atoms with E-state index in [2.05, 4.69) is 19.7 Å². The van der Waals surface area contributed by atoms with Gasteiger partial charge in [0.15, 0.2) is 5.03 Å². The predicted octanol–water partition coefficient (Wildman–Crippen LogP) is 1.31. The van der Waals surface area contributed by atoms with Gasteiger partial charge in [0.1, 0.15) is 0 Å². The molecule has 0 fully saturated rings. The second-order valence-corrected chi connectivity index (χ2v) is 6.46. The minimum absolute atomic E-state index is 0.0260. The minimum Gasteiger partial charge on any atom is -0.334 e. The molecule has 0 aliphatic rings. The summed E-state index contributed by atoms with van der Waals surface area (Å²) in [7, 11) is -3.73. The smallest absolute Gasteiger partial charge is 0.281 e. The fraction of sp³-hybridized carbons (Fsp3) is 0.250. The number of rotatable bonds is 4. The highest BCUT2D eigenvalue weighted by Crippen LogP contribution is 2.15. The molecule has 3 aromatic rings. The zero-order valence-corrected chi connectivity index (χ0v) is 12.3. The van der Waals surface area contributed by atoms with Gasteiger partial charge in [0, 0.05) is 30.8 Å². The first kappa shape index (κ1) is 13.6. The maximum Gasteiger partial charge on any atom is 0.281 e. The van der Waals surface area contributed by atoms with E-state index in [0.717, 1.165) is 0 Å². The summed E-state index contributed by atoms with van der Waals surface area (Å²) in [5.74, 6) is 0.502. The highest BCUT2D eigenvalue weighted by molar-refractivity contribution is 7.92. The third-order valence-electron chi connectivity index (χ3n) is 2.95. The predicted molar refractivity (Wildman–Crippen MR) is 76.4 cm³/mol. The van der Waals surface area contributed by atoms with E-state index in [4.69, 9.17) is 0 Å². The number of sulfonamides is 1. The van der Waals surface area contributed by atoms with Gasteiger partial charge in [-0.05, 0) is 13.8 Å². The lowest BCUT2D eigenvalue weighted by molar-refractivity contribution is 0.591. The second-order valence-electron chi connectivity index (χ2n) is 4.84. The van der Waals surface area contributed by atoms with Crippen molar-refractivity contribution < 1.29 is 8.42 Å². The van der Waals surface area contributed by atoms with Crippen molar-refractivity contribution >= 4 is 21.5 Å². The zero-order chi connectivity index (χ0) is 15.0. The molecule has 0 aliphatic heterocycles. The Balaban J connectivity index is 1.90. The van der Waals surface area contributed by atoms with Gasteiger partial charge in [0.05, 0.1) is 18.2 Å². The third-order valence-corrected chi connectivity index (χ3v) is 4.21. The van der Waals surface area contributed by atoms with Crippen LogP contribution >= 0.6 is 0 Å². The number of hydrogen-bond acceptors (Lipinski definition) is 5.